The molecular weight excluding hydrogens is 298 g/mol. The molecule has 2 unspecified atom stereocenters. The average Bonchev–Trinajstić information content (AvgIpc) is 2.44. The van der Waals surface area contributed by atoms with Gasteiger partial charge in [-0.15, -0.1) is 11.6 Å². The maximum absolute atomic E-state index is 12.9. The number of Topliss-reactive ketones (excluding diaryl/α,β-unsaturated/α-hetero) is 1. The van der Waals surface area contributed by atoms with Crippen molar-refractivity contribution >= 4 is 17.4 Å². The molecule has 0 aliphatic heterocycles. The Morgan fingerprint density at radius 2 is 2.05 bits per heavy atom. The van der Waals surface area contributed by atoms with Crippen molar-refractivity contribution in [1.82, 2.24) is 5.32 Å². The van der Waals surface area contributed by atoms with Crippen molar-refractivity contribution in [1.29, 1.82) is 0 Å². The zero-order valence-corrected chi connectivity index (χ0v) is 14.9. The zero-order chi connectivity index (χ0) is 16.7. The summed E-state index contributed by atoms with van der Waals surface area (Å²) in [5.74, 6) is 0.278. The molecule has 4 heteroatoms. The molecule has 22 heavy (non-hydrogen) atoms. The first-order valence-electron chi connectivity index (χ1n) is 8.07. The lowest BCUT2D eigenvalue weighted by Crippen LogP contribution is -2.62. The van der Waals surface area contributed by atoms with Crippen LogP contribution in [0.5, 0.6) is 0 Å². The van der Waals surface area contributed by atoms with Crippen LogP contribution in [0.4, 0.5) is 0 Å². The van der Waals surface area contributed by atoms with Crippen molar-refractivity contribution in [2.24, 2.45) is 17.3 Å². The second kappa shape index (κ2) is 6.10. The predicted octanol–water partition coefficient (Wildman–Crippen LogP) is 3.07. The monoisotopic (exact) mass is 325 g/mol. The number of carbonyl (C=O) groups is 1. The second-order valence-corrected chi connectivity index (χ2v) is 8.28. The van der Waals surface area contributed by atoms with Crippen LogP contribution in [0, 0.1) is 17.3 Å². The highest BCUT2D eigenvalue weighted by Gasteiger charge is 2.53. The fourth-order valence-corrected chi connectivity index (χ4v) is 4.03. The van der Waals surface area contributed by atoms with E-state index in [0.29, 0.717) is 12.8 Å². The van der Waals surface area contributed by atoms with E-state index in [4.69, 9.17) is 11.6 Å². The first-order chi connectivity index (χ1) is 10.1. The number of rotatable bonds is 2. The number of carbonyl (C=O) groups excluding carboxylic acids is 1. The van der Waals surface area contributed by atoms with Gasteiger partial charge in [-0.3, -0.25) is 4.79 Å². The van der Waals surface area contributed by atoms with E-state index in [1.54, 1.807) is 7.05 Å². The molecule has 0 aromatic rings. The summed E-state index contributed by atoms with van der Waals surface area (Å²) >= 11 is 6.62. The molecule has 1 fully saturated rings. The molecule has 2 N–H and O–H groups in total. The van der Waals surface area contributed by atoms with Crippen molar-refractivity contribution in [2.45, 2.75) is 57.6 Å². The van der Waals surface area contributed by atoms with E-state index in [-0.39, 0.29) is 28.4 Å². The van der Waals surface area contributed by atoms with Crippen LogP contribution in [0.15, 0.2) is 23.8 Å². The third-order valence-electron chi connectivity index (χ3n) is 5.38. The Morgan fingerprint density at radius 1 is 1.41 bits per heavy atom. The summed E-state index contributed by atoms with van der Waals surface area (Å²) in [6.45, 7) is 8.54. The number of nitrogens with one attached hydrogen (secondary N) is 1. The van der Waals surface area contributed by atoms with E-state index >= 15 is 0 Å². The number of aliphatic hydroxyl groups excluding tert-OH is 1. The molecular formula is C18H28ClNO2. The second-order valence-electron chi connectivity index (χ2n) is 7.81. The summed E-state index contributed by atoms with van der Waals surface area (Å²) in [6.07, 6.45) is 6.24. The number of hydrogen-bond donors (Lipinski definition) is 2. The Morgan fingerprint density at radius 3 is 2.59 bits per heavy atom. The molecule has 0 aromatic heterocycles. The van der Waals surface area contributed by atoms with Crippen molar-refractivity contribution in [2.75, 3.05) is 7.05 Å². The van der Waals surface area contributed by atoms with Crippen molar-refractivity contribution in [3.8, 4) is 0 Å². The van der Waals surface area contributed by atoms with E-state index < -0.39 is 11.6 Å². The third kappa shape index (κ3) is 2.91. The van der Waals surface area contributed by atoms with Crippen LogP contribution in [0.3, 0.4) is 0 Å². The van der Waals surface area contributed by atoms with Crippen LogP contribution in [-0.4, -0.2) is 35.0 Å². The van der Waals surface area contributed by atoms with Crippen LogP contribution < -0.4 is 5.32 Å². The first-order valence-corrected chi connectivity index (χ1v) is 8.51. The Balaban J connectivity index is 2.48. The quantitative estimate of drug-likeness (QED) is 0.767. The van der Waals surface area contributed by atoms with Crippen molar-refractivity contribution in [3.05, 3.63) is 23.8 Å². The maximum Gasteiger partial charge on any atom is 0.185 e. The van der Waals surface area contributed by atoms with Gasteiger partial charge in [0.05, 0.1) is 5.38 Å². The fraction of sp³-hybridized carbons (Fsp3) is 0.722. The van der Waals surface area contributed by atoms with Gasteiger partial charge in [-0.05, 0) is 42.7 Å². The van der Waals surface area contributed by atoms with E-state index in [0.717, 1.165) is 5.57 Å². The lowest BCUT2D eigenvalue weighted by Gasteiger charge is -2.48. The van der Waals surface area contributed by atoms with E-state index in [1.165, 1.54) is 0 Å². The number of halogens is 1. The zero-order valence-electron chi connectivity index (χ0n) is 14.2. The molecule has 2 aliphatic rings. The molecule has 5 atom stereocenters. The summed E-state index contributed by atoms with van der Waals surface area (Å²) in [6, 6.07) is 0. The molecule has 0 amide bonds. The smallest absolute Gasteiger partial charge is 0.185 e. The van der Waals surface area contributed by atoms with Crippen LogP contribution in [0.25, 0.3) is 0 Å². The van der Waals surface area contributed by atoms with Gasteiger partial charge in [-0.25, -0.2) is 0 Å². The van der Waals surface area contributed by atoms with Gasteiger partial charge >= 0.3 is 0 Å². The van der Waals surface area contributed by atoms with E-state index in [9.17, 15) is 9.90 Å². The van der Waals surface area contributed by atoms with Crippen LogP contribution in [-0.2, 0) is 4.79 Å². The Bertz CT molecular complexity index is 506. The van der Waals surface area contributed by atoms with Crippen LogP contribution in [0.1, 0.15) is 40.5 Å². The van der Waals surface area contributed by atoms with Gasteiger partial charge in [0.2, 0.25) is 0 Å². The normalized spacial score (nSPS) is 39.8. The van der Waals surface area contributed by atoms with Gasteiger partial charge in [0, 0.05) is 0 Å². The van der Waals surface area contributed by atoms with Gasteiger partial charge in [0.1, 0.15) is 11.6 Å². The molecule has 0 aromatic carbocycles. The number of allylic oxidation sites excluding steroid dienone is 3. The Hall–Kier alpha value is -0.640. The highest BCUT2D eigenvalue weighted by molar-refractivity contribution is 6.23. The number of hydrogen-bond acceptors (Lipinski definition) is 3. The lowest BCUT2D eigenvalue weighted by molar-refractivity contribution is -0.139. The van der Waals surface area contributed by atoms with Gasteiger partial charge in [0.15, 0.2) is 5.78 Å². The molecule has 0 bridgehead atoms. The van der Waals surface area contributed by atoms with Gasteiger partial charge in [-0.1, -0.05) is 45.9 Å². The summed E-state index contributed by atoms with van der Waals surface area (Å²) < 4.78 is 0. The number of aliphatic hydroxyl groups is 1. The average molecular weight is 326 g/mol. The standard InChI is InChI=1S/C18H28ClNO2/c1-11-7-6-8-13(15(11)19)18(20-5)10-12(17(2,3)4)9-14(21)16(18)22/h6-8,11-12,14-15,20-21H,9-10H2,1-5H3/t11?,12-,14+,15?,18+/m1/s1. The van der Waals surface area contributed by atoms with Crippen molar-refractivity contribution < 1.29 is 9.90 Å². The summed E-state index contributed by atoms with van der Waals surface area (Å²) in [5.41, 5.74) is 0.0632. The fourth-order valence-electron chi connectivity index (χ4n) is 3.69. The van der Waals surface area contributed by atoms with Gasteiger partial charge in [-0.2, -0.15) is 0 Å². The summed E-state index contributed by atoms with van der Waals surface area (Å²) in [7, 11) is 1.79. The Kier molecular flexibility index (Phi) is 4.91. The van der Waals surface area contributed by atoms with E-state index in [1.807, 2.05) is 12.2 Å². The first kappa shape index (κ1) is 17.7. The van der Waals surface area contributed by atoms with Crippen LogP contribution >= 0.6 is 11.6 Å². The molecule has 2 rings (SSSR count). The summed E-state index contributed by atoms with van der Waals surface area (Å²) in [4.78, 5) is 12.9. The summed E-state index contributed by atoms with van der Waals surface area (Å²) in [5, 5.41) is 13.4. The molecule has 124 valence electrons. The number of likely N-dealkylation sites (N-methyl/N-ethyl adjacent to an activating group) is 1. The third-order valence-corrected chi connectivity index (χ3v) is 6.01. The van der Waals surface area contributed by atoms with Gasteiger partial charge < -0.3 is 10.4 Å². The van der Waals surface area contributed by atoms with E-state index in [2.05, 4.69) is 39.1 Å². The highest BCUT2D eigenvalue weighted by Crippen LogP contribution is 2.46. The Labute approximate surface area is 138 Å². The topological polar surface area (TPSA) is 49.3 Å². The highest BCUT2D eigenvalue weighted by atomic mass is 35.5. The minimum atomic E-state index is -0.934. The number of ketones is 1. The maximum atomic E-state index is 12.9. The molecule has 0 heterocycles. The lowest BCUT2D eigenvalue weighted by atomic mass is 9.61. The largest absolute Gasteiger partial charge is 0.385 e. The molecule has 3 nitrogen and oxygen atoms in total. The molecule has 0 saturated heterocycles. The van der Waals surface area contributed by atoms with Crippen LogP contribution in [0.2, 0.25) is 0 Å². The minimum Gasteiger partial charge on any atom is -0.385 e. The van der Waals surface area contributed by atoms with Gasteiger partial charge in [0.25, 0.3) is 0 Å². The predicted molar refractivity (Wildman–Crippen MR) is 91.0 cm³/mol. The SMILES string of the molecule is CN[C@]1(C2=CC=CC(C)C2Cl)C[C@H](C(C)(C)C)C[C@H](O)C1=O. The molecule has 2 aliphatic carbocycles. The molecule has 0 radical (unpaired) electrons. The minimum absolute atomic E-state index is 0.0300. The molecule has 1 saturated carbocycles. The van der Waals surface area contributed by atoms with Crippen molar-refractivity contribution in [3.63, 3.8) is 0 Å². The number of alkyl halides is 1. The molecule has 0 spiro atoms.